The smallest absolute Gasteiger partial charge is 0.149 e. The van der Waals surface area contributed by atoms with Crippen LogP contribution < -0.4 is 5.32 Å². The summed E-state index contributed by atoms with van der Waals surface area (Å²) in [5.74, 6) is 2.85. The summed E-state index contributed by atoms with van der Waals surface area (Å²) >= 11 is 1.96. The molecule has 2 atom stereocenters. The molecule has 3 nitrogen and oxygen atoms in total. The first-order chi connectivity index (χ1) is 8.11. The van der Waals surface area contributed by atoms with E-state index in [9.17, 15) is 4.79 Å². The minimum Gasteiger partial charge on any atom is -0.374 e. The van der Waals surface area contributed by atoms with Crippen LogP contribution in [0, 0.1) is 5.92 Å². The Morgan fingerprint density at radius 2 is 2.41 bits per heavy atom. The predicted octanol–water partition coefficient (Wildman–Crippen LogP) is 1.86. The standard InChI is InChI=1S/C13H23NO2S/c1-10(2)14-8-12(15)11-3-5-16-13(7-11)4-6-17-9-13/h10-11,14H,3-9H2,1-2H3. The largest absolute Gasteiger partial charge is 0.374 e. The van der Waals surface area contributed by atoms with Gasteiger partial charge in [0.15, 0.2) is 0 Å². The van der Waals surface area contributed by atoms with Crippen molar-refractivity contribution in [2.75, 3.05) is 24.7 Å². The highest BCUT2D eigenvalue weighted by molar-refractivity contribution is 7.99. The van der Waals surface area contributed by atoms with Crippen LogP contribution in [-0.4, -0.2) is 42.1 Å². The van der Waals surface area contributed by atoms with Crippen molar-refractivity contribution in [3.63, 3.8) is 0 Å². The van der Waals surface area contributed by atoms with Gasteiger partial charge in [-0.2, -0.15) is 11.8 Å². The van der Waals surface area contributed by atoms with Crippen molar-refractivity contribution in [1.82, 2.24) is 5.32 Å². The Hall–Kier alpha value is -0.0600. The second-order valence-corrected chi connectivity index (χ2v) is 6.63. The van der Waals surface area contributed by atoms with E-state index < -0.39 is 0 Å². The molecule has 2 heterocycles. The molecule has 0 aromatic heterocycles. The van der Waals surface area contributed by atoms with Crippen LogP contribution in [0.3, 0.4) is 0 Å². The van der Waals surface area contributed by atoms with Gasteiger partial charge in [-0.1, -0.05) is 13.8 Å². The zero-order valence-electron chi connectivity index (χ0n) is 10.8. The van der Waals surface area contributed by atoms with E-state index in [-0.39, 0.29) is 11.5 Å². The van der Waals surface area contributed by atoms with Crippen molar-refractivity contribution in [2.45, 2.75) is 44.8 Å². The molecule has 2 fully saturated rings. The molecule has 0 aromatic rings. The highest BCUT2D eigenvalue weighted by atomic mass is 32.2. The van der Waals surface area contributed by atoms with Crippen LogP contribution in [0.1, 0.15) is 33.1 Å². The number of rotatable bonds is 4. The molecule has 2 aliphatic rings. The van der Waals surface area contributed by atoms with Gasteiger partial charge in [-0.05, 0) is 25.0 Å². The summed E-state index contributed by atoms with van der Waals surface area (Å²) in [7, 11) is 0. The SMILES string of the molecule is CC(C)NCC(=O)C1CCOC2(CCSC2)C1. The van der Waals surface area contributed by atoms with E-state index in [4.69, 9.17) is 4.74 Å². The highest BCUT2D eigenvalue weighted by Gasteiger charge is 2.42. The maximum atomic E-state index is 12.1. The number of hydrogen-bond donors (Lipinski definition) is 1. The average Bonchev–Trinajstić information content (AvgIpc) is 2.74. The van der Waals surface area contributed by atoms with Crippen LogP contribution in [0.15, 0.2) is 0 Å². The number of nitrogens with one attached hydrogen (secondary N) is 1. The lowest BCUT2D eigenvalue weighted by Gasteiger charge is -2.37. The van der Waals surface area contributed by atoms with Gasteiger partial charge in [-0.25, -0.2) is 0 Å². The maximum absolute atomic E-state index is 12.1. The Balaban J connectivity index is 1.86. The molecule has 98 valence electrons. The molecule has 2 rings (SSSR count). The number of carbonyl (C=O) groups excluding carboxylic acids is 1. The van der Waals surface area contributed by atoms with Gasteiger partial charge in [0.1, 0.15) is 5.78 Å². The molecule has 1 spiro atoms. The first-order valence-corrected chi connectivity index (χ1v) is 7.75. The summed E-state index contributed by atoms with van der Waals surface area (Å²) in [6.45, 7) is 5.43. The lowest BCUT2D eigenvalue weighted by atomic mass is 9.83. The summed E-state index contributed by atoms with van der Waals surface area (Å²) in [5.41, 5.74) is 0.0288. The number of carbonyl (C=O) groups is 1. The Labute approximate surface area is 108 Å². The number of ketones is 1. The molecular weight excluding hydrogens is 234 g/mol. The molecule has 0 aliphatic carbocycles. The molecule has 0 aromatic carbocycles. The molecule has 0 radical (unpaired) electrons. The van der Waals surface area contributed by atoms with Gasteiger partial charge >= 0.3 is 0 Å². The zero-order valence-corrected chi connectivity index (χ0v) is 11.6. The minimum atomic E-state index is 0.0288. The van der Waals surface area contributed by atoms with E-state index in [1.807, 2.05) is 11.8 Å². The third kappa shape index (κ3) is 3.46. The second-order valence-electron chi connectivity index (χ2n) is 5.53. The number of ether oxygens (including phenoxy) is 1. The van der Waals surface area contributed by atoms with Crippen molar-refractivity contribution in [1.29, 1.82) is 0 Å². The Kier molecular flexibility index (Phi) is 4.50. The normalized spacial score (nSPS) is 33.5. The molecule has 2 aliphatic heterocycles. The summed E-state index contributed by atoms with van der Waals surface area (Å²) < 4.78 is 5.94. The van der Waals surface area contributed by atoms with Crippen molar-refractivity contribution < 1.29 is 9.53 Å². The molecule has 0 bridgehead atoms. The fourth-order valence-electron chi connectivity index (χ4n) is 2.61. The van der Waals surface area contributed by atoms with Crippen LogP contribution in [0.25, 0.3) is 0 Å². The summed E-state index contributed by atoms with van der Waals surface area (Å²) in [6, 6.07) is 0.384. The molecule has 4 heteroatoms. The van der Waals surface area contributed by atoms with Crippen LogP contribution in [0.2, 0.25) is 0 Å². The van der Waals surface area contributed by atoms with E-state index in [1.165, 1.54) is 5.75 Å². The van der Waals surface area contributed by atoms with E-state index in [1.54, 1.807) is 0 Å². The minimum absolute atomic E-state index is 0.0288. The Bertz CT molecular complexity index is 275. The molecule has 2 unspecified atom stereocenters. The fourth-order valence-corrected chi connectivity index (χ4v) is 3.99. The predicted molar refractivity (Wildman–Crippen MR) is 71.5 cm³/mol. The van der Waals surface area contributed by atoms with Crippen molar-refractivity contribution in [2.24, 2.45) is 5.92 Å². The third-order valence-electron chi connectivity index (χ3n) is 3.70. The van der Waals surface area contributed by atoms with Gasteiger partial charge in [0, 0.05) is 24.3 Å². The highest BCUT2D eigenvalue weighted by Crippen LogP contribution is 2.40. The summed E-state index contributed by atoms with van der Waals surface area (Å²) in [5, 5.41) is 3.23. The van der Waals surface area contributed by atoms with E-state index in [0.717, 1.165) is 31.6 Å². The molecule has 17 heavy (non-hydrogen) atoms. The van der Waals surface area contributed by atoms with Gasteiger partial charge in [0.2, 0.25) is 0 Å². The van der Waals surface area contributed by atoms with Crippen molar-refractivity contribution in [3.05, 3.63) is 0 Å². The topological polar surface area (TPSA) is 38.3 Å². The number of thioether (sulfide) groups is 1. The van der Waals surface area contributed by atoms with Crippen LogP contribution in [0.5, 0.6) is 0 Å². The third-order valence-corrected chi connectivity index (χ3v) is 4.92. The van der Waals surface area contributed by atoms with Gasteiger partial charge in [0.25, 0.3) is 0 Å². The van der Waals surface area contributed by atoms with Crippen LogP contribution in [0.4, 0.5) is 0 Å². The molecule has 0 saturated carbocycles. The van der Waals surface area contributed by atoms with E-state index >= 15 is 0 Å². The summed E-state index contributed by atoms with van der Waals surface area (Å²) in [6.07, 6.45) is 2.97. The summed E-state index contributed by atoms with van der Waals surface area (Å²) in [4.78, 5) is 12.1. The van der Waals surface area contributed by atoms with Crippen LogP contribution in [-0.2, 0) is 9.53 Å². The van der Waals surface area contributed by atoms with Crippen molar-refractivity contribution in [3.8, 4) is 0 Å². The van der Waals surface area contributed by atoms with E-state index in [2.05, 4.69) is 19.2 Å². The Morgan fingerprint density at radius 3 is 3.06 bits per heavy atom. The van der Waals surface area contributed by atoms with E-state index in [0.29, 0.717) is 18.4 Å². The monoisotopic (exact) mass is 257 g/mol. The van der Waals surface area contributed by atoms with Gasteiger partial charge in [-0.15, -0.1) is 0 Å². The average molecular weight is 257 g/mol. The van der Waals surface area contributed by atoms with Crippen molar-refractivity contribution >= 4 is 17.5 Å². The molecule has 0 amide bonds. The first-order valence-electron chi connectivity index (χ1n) is 6.59. The maximum Gasteiger partial charge on any atom is 0.149 e. The lowest BCUT2D eigenvalue weighted by Crippen LogP contribution is -2.44. The molecule has 2 saturated heterocycles. The van der Waals surface area contributed by atoms with Gasteiger partial charge in [0.05, 0.1) is 12.1 Å². The zero-order chi connectivity index (χ0) is 12.3. The second kappa shape index (κ2) is 5.72. The first kappa shape index (κ1) is 13.4. The fraction of sp³-hybridized carbons (Fsp3) is 0.923. The van der Waals surface area contributed by atoms with Gasteiger partial charge < -0.3 is 10.1 Å². The number of hydrogen-bond acceptors (Lipinski definition) is 4. The molecule has 1 N–H and O–H groups in total. The lowest BCUT2D eigenvalue weighted by molar-refractivity contribution is -0.133. The van der Waals surface area contributed by atoms with Gasteiger partial charge in [-0.3, -0.25) is 4.79 Å². The molecular formula is C13H23NO2S. The Morgan fingerprint density at radius 1 is 1.59 bits per heavy atom. The number of Topliss-reactive ketones (excluding diaryl/α,β-unsaturated/α-hetero) is 1. The quantitative estimate of drug-likeness (QED) is 0.834. The van der Waals surface area contributed by atoms with Crippen LogP contribution >= 0.6 is 11.8 Å².